The number of carbonyl (C=O) groups is 2. The lowest BCUT2D eigenvalue weighted by Gasteiger charge is -2.35. The number of phenolic OH excluding ortho intramolecular Hbond substituents is 1. The highest BCUT2D eigenvalue weighted by Gasteiger charge is 2.36. The first-order valence-electron chi connectivity index (χ1n) is 8.76. The maximum atomic E-state index is 13.3. The zero-order chi connectivity index (χ0) is 19.0. The third-order valence-electron chi connectivity index (χ3n) is 5.08. The number of amides is 1. The molecule has 136 valence electrons. The summed E-state index contributed by atoms with van der Waals surface area (Å²) >= 11 is 0. The van der Waals surface area contributed by atoms with Crippen molar-refractivity contribution >= 4 is 22.6 Å². The van der Waals surface area contributed by atoms with Crippen LogP contribution in [0.2, 0.25) is 0 Å². The second-order valence-electron chi connectivity index (χ2n) is 6.66. The molecule has 4 rings (SSSR count). The second-order valence-corrected chi connectivity index (χ2v) is 6.66. The Hall–Kier alpha value is -3.34. The average Bonchev–Trinajstić information content (AvgIpc) is 2.71. The molecule has 0 aromatic heterocycles. The van der Waals surface area contributed by atoms with Gasteiger partial charge in [0, 0.05) is 13.0 Å². The molecule has 1 aliphatic rings. The molecule has 3 aromatic rings. The normalized spacial score (nSPS) is 16.0. The van der Waals surface area contributed by atoms with E-state index in [-0.39, 0.29) is 17.2 Å². The fraction of sp³-hybridized carbons (Fsp3) is 0.182. The molecule has 0 radical (unpaired) electrons. The van der Waals surface area contributed by atoms with Gasteiger partial charge in [-0.05, 0) is 34.0 Å². The van der Waals surface area contributed by atoms with Gasteiger partial charge in [0.2, 0.25) is 0 Å². The molecule has 1 amide bonds. The van der Waals surface area contributed by atoms with Crippen LogP contribution in [0.5, 0.6) is 5.75 Å². The average molecular weight is 361 g/mol. The van der Waals surface area contributed by atoms with Crippen molar-refractivity contribution in [1.82, 2.24) is 4.90 Å². The minimum Gasteiger partial charge on any atom is -0.507 e. The van der Waals surface area contributed by atoms with Gasteiger partial charge in [0.25, 0.3) is 5.91 Å². The number of fused-ring (bicyclic) bond motifs is 2. The highest BCUT2D eigenvalue weighted by atomic mass is 16.5. The number of methoxy groups -OCH3 is 1. The molecule has 1 heterocycles. The Morgan fingerprint density at radius 3 is 2.33 bits per heavy atom. The predicted molar refractivity (Wildman–Crippen MR) is 101 cm³/mol. The third kappa shape index (κ3) is 3.01. The lowest BCUT2D eigenvalue weighted by Crippen LogP contribution is -2.49. The van der Waals surface area contributed by atoms with Crippen molar-refractivity contribution in [2.45, 2.75) is 19.0 Å². The van der Waals surface area contributed by atoms with Crippen molar-refractivity contribution in [3.63, 3.8) is 0 Å². The summed E-state index contributed by atoms with van der Waals surface area (Å²) in [5.74, 6) is -0.942. The van der Waals surface area contributed by atoms with E-state index in [0.717, 1.165) is 21.9 Å². The van der Waals surface area contributed by atoms with Crippen LogP contribution < -0.4 is 0 Å². The van der Waals surface area contributed by atoms with E-state index in [0.29, 0.717) is 13.0 Å². The quantitative estimate of drug-likeness (QED) is 0.712. The van der Waals surface area contributed by atoms with Crippen LogP contribution in [0.15, 0.2) is 60.7 Å². The highest BCUT2D eigenvalue weighted by molar-refractivity contribution is 6.03. The highest BCUT2D eigenvalue weighted by Crippen LogP contribution is 2.30. The van der Waals surface area contributed by atoms with Crippen molar-refractivity contribution < 1.29 is 19.4 Å². The van der Waals surface area contributed by atoms with E-state index in [1.165, 1.54) is 12.0 Å². The number of benzene rings is 3. The monoisotopic (exact) mass is 361 g/mol. The van der Waals surface area contributed by atoms with Gasteiger partial charge in [-0.15, -0.1) is 0 Å². The van der Waals surface area contributed by atoms with Crippen molar-refractivity contribution in [2.75, 3.05) is 7.11 Å². The topological polar surface area (TPSA) is 66.8 Å². The minimum atomic E-state index is -0.719. The smallest absolute Gasteiger partial charge is 0.328 e. The summed E-state index contributed by atoms with van der Waals surface area (Å²) in [7, 11) is 1.32. The molecule has 1 N–H and O–H groups in total. The van der Waals surface area contributed by atoms with Crippen LogP contribution in [0.1, 0.15) is 21.5 Å². The summed E-state index contributed by atoms with van der Waals surface area (Å²) in [4.78, 5) is 27.1. The summed E-state index contributed by atoms with van der Waals surface area (Å²) in [6, 6.07) is 17.8. The number of hydrogen-bond donors (Lipinski definition) is 1. The van der Waals surface area contributed by atoms with E-state index >= 15 is 0 Å². The molecular weight excluding hydrogens is 342 g/mol. The molecular formula is C22H19NO4. The van der Waals surface area contributed by atoms with Gasteiger partial charge in [-0.2, -0.15) is 0 Å². The zero-order valence-electron chi connectivity index (χ0n) is 14.9. The zero-order valence-corrected chi connectivity index (χ0v) is 14.9. The van der Waals surface area contributed by atoms with E-state index < -0.39 is 12.0 Å². The third-order valence-corrected chi connectivity index (χ3v) is 5.08. The number of esters is 1. The van der Waals surface area contributed by atoms with Crippen LogP contribution >= 0.6 is 0 Å². The summed E-state index contributed by atoms with van der Waals surface area (Å²) in [5, 5.41) is 12.1. The van der Waals surface area contributed by atoms with Gasteiger partial charge >= 0.3 is 5.97 Å². The van der Waals surface area contributed by atoms with Crippen LogP contribution in [0.3, 0.4) is 0 Å². The number of rotatable bonds is 2. The Morgan fingerprint density at radius 2 is 1.63 bits per heavy atom. The predicted octanol–water partition coefficient (Wildman–Crippen LogP) is 3.29. The number of hydrogen-bond acceptors (Lipinski definition) is 4. The van der Waals surface area contributed by atoms with Gasteiger partial charge in [-0.25, -0.2) is 4.79 Å². The Labute approximate surface area is 156 Å². The first-order valence-corrected chi connectivity index (χ1v) is 8.76. The summed E-state index contributed by atoms with van der Waals surface area (Å²) in [6.45, 7) is 0.293. The standard InChI is InChI=1S/C22H19NO4/c1-27-22(26)19-11-15-7-4-5-9-17(15)13-23(19)21(25)18-10-14-6-2-3-8-16(14)12-20(18)24/h2-10,12,19,24H,11,13H2,1H3. The summed E-state index contributed by atoms with van der Waals surface area (Å²) < 4.78 is 4.93. The van der Waals surface area contributed by atoms with E-state index in [1.54, 1.807) is 12.1 Å². The van der Waals surface area contributed by atoms with Crippen LogP contribution in [-0.4, -0.2) is 35.0 Å². The van der Waals surface area contributed by atoms with Gasteiger partial charge in [-0.1, -0.05) is 48.5 Å². The molecule has 0 fully saturated rings. The lowest BCUT2D eigenvalue weighted by atomic mass is 9.93. The van der Waals surface area contributed by atoms with E-state index in [1.807, 2.05) is 48.5 Å². The molecule has 0 aliphatic carbocycles. The Bertz CT molecular complexity index is 1040. The molecule has 5 nitrogen and oxygen atoms in total. The van der Waals surface area contributed by atoms with Gasteiger partial charge in [0.05, 0.1) is 12.7 Å². The SMILES string of the molecule is COC(=O)C1Cc2ccccc2CN1C(=O)c1cc2ccccc2cc1O. The Balaban J connectivity index is 1.77. The van der Waals surface area contributed by atoms with Crippen molar-refractivity contribution in [3.05, 3.63) is 77.4 Å². The maximum absolute atomic E-state index is 13.3. The van der Waals surface area contributed by atoms with Gasteiger partial charge < -0.3 is 14.7 Å². The largest absolute Gasteiger partial charge is 0.507 e. The molecule has 5 heteroatoms. The maximum Gasteiger partial charge on any atom is 0.328 e. The number of carbonyl (C=O) groups excluding carboxylic acids is 2. The molecule has 0 bridgehead atoms. The first-order chi connectivity index (χ1) is 13.1. The molecule has 1 aliphatic heterocycles. The fourth-order valence-corrected chi connectivity index (χ4v) is 3.64. The van der Waals surface area contributed by atoms with Crippen molar-refractivity contribution in [2.24, 2.45) is 0 Å². The molecule has 0 spiro atoms. The van der Waals surface area contributed by atoms with E-state index in [9.17, 15) is 14.7 Å². The molecule has 27 heavy (non-hydrogen) atoms. The Kier molecular flexibility index (Phi) is 4.28. The number of aromatic hydroxyl groups is 1. The lowest BCUT2D eigenvalue weighted by molar-refractivity contribution is -0.146. The van der Waals surface area contributed by atoms with Gasteiger partial charge in [0.1, 0.15) is 11.8 Å². The summed E-state index contributed by atoms with van der Waals surface area (Å²) in [6.07, 6.45) is 0.392. The molecule has 1 atom stereocenters. The molecule has 3 aromatic carbocycles. The van der Waals surface area contributed by atoms with Gasteiger partial charge in [-0.3, -0.25) is 4.79 Å². The number of ether oxygens (including phenoxy) is 1. The number of phenols is 1. The number of nitrogens with zero attached hydrogens (tertiary/aromatic N) is 1. The fourth-order valence-electron chi connectivity index (χ4n) is 3.64. The van der Waals surface area contributed by atoms with Crippen LogP contribution in [0, 0.1) is 0 Å². The molecule has 0 saturated heterocycles. The minimum absolute atomic E-state index is 0.0961. The van der Waals surface area contributed by atoms with E-state index in [2.05, 4.69) is 0 Å². The molecule has 1 unspecified atom stereocenters. The first kappa shape index (κ1) is 17.1. The Morgan fingerprint density at radius 1 is 1.00 bits per heavy atom. The van der Waals surface area contributed by atoms with Crippen LogP contribution in [-0.2, 0) is 22.5 Å². The van der Waals surface area contributed by atoms with Crippen LogP contribution in [0.4, 0.5) is 0 Å². The summed E-state index contributed by atoms with van der Waals surface area (Å²) in [5.41, 5.74) is 2.20. The van der Waals surface area contributed by atoms with Crippen molar-refractivity contribution in [3.8, 4) is 5.75 Å². The van der Waals surface area contributed by atoms with Crippen molar-refractivity contribution in [1.29, 1.82) is 0 Å². The van der Waals surface area contributed by atoms with E-state index in [4.69, 9.17) is 4.74 Å². The molecule has 0 saturated carbocycles. The van der Waals surface area contributed by atoms with Gasteiger partial charge in [0.15, 0.2) is 0 Å². The second kappa shape index (κ2) is 6.76. The van der Waals surface area contributed by atoms with Crippen LogP contribution in [0.25, 0.3) is 10.8 Å².